The molecule has 2 N–H and O–H groups in total. The summed E-state index contributed by atoms with van der Waals surface area (Å²) in [6.07, 6.45) is 0.727. The number of fused-ring (bicyclic) bond motifs is 1. The SMILES string of the molecule is CON=C(C)C=C(C(=O)NC1C(=O)N2C(C(=O)OC(C)(C)C)=C(COC(C)=O)CS[C@@H]12)c1csc(NC(=O)OC(C)(C)C)n1. The predicted molar refractivity (Wildman–Crippen MR) is 165 cm³/mol. The molecule has 3 amide bonds. The number of β-lactam (4-membered cyclic amide) rings is 1. The van der Waals surface area contributed by atoms with E-state index in [1.807, 2.05) is 0 Å². The van der Waals surface area contributed by atoms with Crippen LogP contribution in [0.15, 0.2) is 27.9 Å². The van der Waals surface area contributed by atoms with E-state index in [1.165, 1.54) is 36.8 Å². The minimum atomic E-state index is -0.985. The van der Waals surface area contributed by atoms with Crippen molar-refractivity contribution in [2.45, 2.75) is 78.0 Å². The van der Waals surface area contributed by atoms with Gasteiger partial charge in [0.2, 0.25) is 0 Å². The van der Waals surface area contributed by atoms with Crippen molar-refractivity contribution in [2.24, 2.45) is 5.16 Å². The maximum absolute atomic E-state index is 13.6. The van der Waals surface area contributed by atoms with Crippen molar-refractivity contribution in [3.8, 4) is 0 Å². The van der Waals surface area contributed by atoms with E-state index in [4.69, 9.17) is 19.0 Å². The number of aromatic nitrogens is 1. The molecule has 14 nitrogen and oxygen atoms in total. The van der Waals surface area contributed by atoms with Gasteiger partial charge in [-0.2, -0.15) is 0 Å². The van der Waals surface area contributed by atoms with Gasteiger partial charge < -0.3 is 24.4 Å². The molecule has 1 aromatic heterocycles. The summed E-state index contributed by atoms with van der Waals surface area (Å²) >= 11 is 2.38. The number of amides is 3. The quantitative estimate of drug-likeness (QED) is 0.0999. The number of thiazole rings is 1. The van der Waals surface area contributed by atoms with Crippen molar-refractivity contribution >= 4 is 69.4 Å². The molecule has 240 valence electrons. The summed E-state index contributed by atoms with van der Waals surface area (Å²) < 4.78 is 15.9. The van der Waals surface area contributed by atoms with Crippen LogP contribution in [0.25, 0.3) is 5.57 Å². The smallest absolute Gasteiger partial charge is 0.413 e. The molecule has 2 aliphatic heterocycles. The molecule has 2 aliphatic rings. The summed E-state index contributed by atoms with van der Waals surface area (Å²) in [5.41, 5.74) is -0.534. The molecule has 1 fully saturated rings. The predicted octanol–water partition coefficient (Wildman–Crippen LogP) is 3.45. The molecular weight excluding hydrogens is 614 g/mol. The van der Waals surface area contributed by atoms with Crippen molar-refractivity contribution in [3.63, 3.8) is 0 Å². The molecule has 0 radical (unpaired) electrons. The Morgan fingerprint density at radius 2 is 1.77 bits per heavy atom. The van der Waals surface area contributed by atoms with Crippen molar-refractivity contribution in [1.82, 2.24) is 15.2 Å². The molecule has 2 atom stereocenters. The number of carbonyl (C=O) groups is 5. The number of rotatable bonds is 9. The minimum Gasteiger partial charge on any atom is -0.461 e. The summed E-state index contributed by atoms with van der Waals surface area (Å²) in [5.74, 6) is -2.19. The lowest BCUT2D eigenvalue weighted by Gasteiger charge is -2.50. The van der Waals surface area contributed by atoms with Gasteiger partial charge in [0.15, 0.2) is 5.13 Å². The molecule has 1 saturated heterocycles. The third-order valence-electron chi connectivity index (χ3n) is 5.60. The number of carbonyl (C=O) groups excluding carboxylic acids is 5. The lowest BCUT2D eigenvalue weighted by molar-refractivity contribution is -0.159. The van der Waals surface area contributed by atoms with E-state index in [9.17, 15) is 24.0 Å². The highest BCUT2D eigenvalue weighted by Crippen LogP contribution is 2.41. The van der Waals surface area contributed by atoms with Gasteiger partial charge >= 0.3 is 18.0 Å². The summed E-state index contributed by atoms with van der Waals surface area (Å²) in [7, 11) is 1.36. The molecule has 3 rings (SSSR count). The Bertz CT molecular complexity index is 1420. The maximum Gasteiger partial charge on any atom is 0.413 e. The van der Waals surface area contributed by atoms with Gasteiger partial charge in [0.05, 0.1) is 17.0 Å². The van der Waals surface area contributed by atoms with Crippen LogP contribution >= 0.6 is 23.1 Å². The average molecular weight is 652 g/mol. The largest absolute Gasteiger partial charge is 0.461 e. The first-order valence-corrected chi connectivity index (χ1v) is 15.4. The second-order valence-electron chi connectivity index (χ2n) is 11.7. The van der Waals surface area contributed by atoms with Crippen LogP contribution in [0.1, 0.15) is 61.1 Å². The Morgan fingerprint density at radius 1 is 1.11 bits per heavy atom. The zero-order chi connectivity index (χ0) is 33.0. The number of nitrogens with one attached hydrogen (secondary N) is 2. The molecule has 0 aliphatic carbocycles. The Labute approximate surface area is 263 Å². The number of ether oxygens (including phenoxy) is 3. The number of anilines is 1. The number of esters is 2. The third kappa shape index (κ3) is 9.05. The molecule has 0 spiro atoms. The van der Waals surface area contributed by atoms with E-state index in [1.54, 1.807) is 53.8 Å². The lowest BCUT2D eigenvalue weighted by Crippen LogP contribution is -2.70. The van der Waals surface area contributed by atoms with Gasteiger partial charge in [0.25, 0.3) is 11.8 Å². The van der Waals surface area contributed by atoms with Gasteiger partial charge in [-0.25, -0.2) is 14.6 Å². The number of nitrogens with zero attached hydrogens (tertiary/aromatic N) is 3. The van der Waals surface area contributed by atoms with E-state index in [2.05, 4.69) is 20.8 Å². The molecular formula is C28H37N5O9S2. The van der Waals surface area contributed by atoms with Crippen LogP contribution in [-0.2, 0) is 38.2 Å². The van der Waals surface area contributed by atoms with Gasteiger partial charge in [0, 0.05) is 23.6 Å². The summed E-state index contributed by atoms with van der Waals surface area (Å²) in [6, 6.07) is -0.985. The van der Waals surface area contributed by atoms with E-state index in [0.29, 0.717) is 11.3 Å². The van der Waals surface area contributed by atoms with Crippen LogP contribution in [-0.4, -0.2) is 87.5 Å². The third-order valence-corrected chi connectivity index (χ3v) is 7.69. The van der Waals surface area contributed by atoms with Gasteiger partial charge in [-0.3, -0.25) is 24.6 Å². The van der Waals surface area contributed by atoms with Crippen LogP contribution in [0.5, 0.6) is 0 Å². The number of thioether (sulfide) groups is 1. The second kappa shape index (κ2) is 13.8. The van der Waals surface area contributed by atoms with Gasteiger partial charge in [-0.15, -0.1) is 23.1 Å². The van der Waals surface area contributed by atoms with E-state index in [-0.39, 0.29) is 34.5 Å². The van der Waals surface area contributed by atoms with Gasteiger partial charge in [-0.05, 0) is 54.5 Å². The Hall–Kier alpha value is -3.92. The van der Waals surface area contributed by atoms with Crippen LogP contribution in [0.4, 0.5) is 9.93 Å². The Balaban J connectivity index is 1.86. The first-order valence-electron chi connectivity index (χ1n) is 13.5. The highest BCUT2D eigenvalue weighted by Gasteiger charge is 2.55. The molecule has 44 heavy (non-hydrogen) atoms. The van der Waals surface area contributed by atoms with Crippen molar-refractivity contribution in [3.05, 3.63) is 28.4 Å². The van der Waals surface area contributed by atoms with E-state index >= 15 is 0 Å². The summed E-state index contributed by atoms with van der Waals surface area (Å²) in [5, 5.41) is 10.2. The summed E-state index contributed by atoms with van der Waals surface area (Å²) in [4.78, 5) is 74.3. The average Bonchev–Trinajstić information content (AvgIpc) is 3.34. The number of hydrogen-bond acceptors (Lipinski definition) is 13. The number of hydrogen-bond donors (Lipinski definition) is 2. The second-order valence-corrected chi connectivity index (χ2v) is 13.7. The van der Waals surface area contributed by atoms with Gasteiger partial charge in [0.1, 0.15) is 42.0 Å². The Kier molecular flexibility index (Phi) is 10.8. The normalized spacial score (nSPS) is 19.0. The molecule has 0 aromatic carbocycles. The fraction of sp³-hybridized carbons (Fsp3) is 0.536. The molecule has 3 heterocycles. The van der Waals surface area contributed by atoms with E-state index in [0.717, 1.165) is 11.3 Å². The standard InChI is InChI=1S/C28H37N5O9S2/c1-14(32-39-9)10-17(18-13-44-25(29-18)31-26(38)42-28(6,7)8)21(35)30-19-22(36)33-20(24(37)41-27(3,4)5)16(11-40-15(2)34)12-43-23(19)33/h10,13,19,23H,11-12H2,1-9H3,(H,30,35)(H,29,31,38)/t19?,23-/m0/s1. The highest BCUT2D eigenvalue weighted by atomic mass is 32.2. The zero-order valence-electron chi connectivity index (χ0n) is 26.1. The monoisotopic (exact) mass is 651 g/mol. The van der Waals surface area contributed by atoms with Gasteiger partial charge in [-0.1, -0.05) is 5.16 Å². The highest BCUT2D eigenvalue weighted by molar-refractivity contribution is 8.00. The zero-order valence-corrected chi connectivity index (χ0v) is 27.7. The number of allylic oxidation sites excluding steroid dienone is 1. The first-order chi connectivity index (χ1) is 20.4. The Morgan fingerprint density at radius 3 is 2.36 bits per heavy atom. The lowest BCUT2D eigenvalue weighted by atomic mass is 10.0. The summed E-state index contributed by atoms with van der Waals surface area (Å²) in [6.45, 7) is 12.9. The van der Waals surface area contributed by atoms with Crippen molar-refractivity contribution < 1.29 is 43.0 Å². The minimum absolute atomic E-state index is 0.00313. The van der Waals surface area contributed by atoms with E-state index < -0.39 is 52.5 Å². The van der Waals surface area contributed by atoms with Crippen molar-refractivity contribution in [2.75, 3.05) is 24.8 Å². The first kappa shape index (κ1) is 34.6. The van der Waals surface area contributed by atoms with Crippen molar-refractivity contribution in [1.29, 1.82) is 0 Å². The maximum atomic E-state index is 13.6. The molecule has 1 unspecified atom stereocenters. The topological polar surface area (TPSA) is 175 Å². The van der Waals surface area contributed by atoms with Crippen LogP contribution in [0.3, 0.4) is 0 Å². The fourth-order valence-corrected chi connectivity index (χ4v) is 6.02. The molecule has 16 heteroatoms. The molecule has 1 aromatic rings. The molecule has 0 saturated carbocycles. The molecule has 0 bridgehead atoms. The van der Waals surface area contributed by atoms with Crippen LogP contribution in [0, 0.1) is 0 Å². The number of oxime groups is 1. The fourth-order valence-electron chi connectivity index (χ4n) is 4.00. The van der Waals surface area contributed by atoms with Crippen LogP contribution in [0.2, 0.25) is 0 Å². The van der Waals surface area contributed by atoms with Crippen LogP contribution < -0.4 is 10.6 Å².